The van der Waals surface area contributed by atoms with E-state index >= 15 is 0 Å². The predicted octanol–water partition coefficient (Wildman–Crippen LogP) is 1.42. The minimum atomic E-state index is -0.970. The first-order chi connectivity index (χ1) is 9.90. The quantitative estimate of drug-likeness (QED) is 0.826. The average Bonchev–Trinajstić information content (AvgIpc) is 2.49. The Kier molecular flexibility index (Phi) is 2.95. The van der Waals surface area contributed by atoms with Gasteiger partial charge in [0.1, 0.15) is 17.9 Å². The van der Waals surface area contributed by atoms with Crippen molar-refractivity contribution < 1.29 is 19.1 Å². The number of ether oxygens (including phenoxy) is 2. The standard InChI is InChI=1S/C15H18N2O4/c1-15-12(16(2)14(19)17(3)13(15)18)11(21-15)9-5-7-10(20-4)8-6-9/h5-8,11-12H,1-4H3/t11-,12-,15+/m0/s1. The van der Waals surface area contributed by atoms with Gasteiger partial charge in [-0.05, 0) is 24.6 Å². The van der Waals surface area contributed by atoms with Gasteiger partial charge in [-0.1, -0.05) is 12.1 Å². The number of urea groups is 1. The number of fused-ring (bicyclic) bond motifs is 1. The van der Waals surface area contributed by atoms with Gasteiger partial charge in [0.2, 0.25) is 0 Å². The number of benzene rings is 1. The van der Waals surface area contributed by atoms with Crippen molar-refractivity contribution in [1.82, 2.24) is 9.80 Å². The van der Waals surface area contributed by atoms with Crippen LogP contribution in [0.4, 0.5) is 4.79 Å². The van der Waals surface area contributed by atoms with Gasteiger partial charge in [0.25, 0.3) is 5.91 Å². The van der Waals surface area contributed by atoms with E-state index in [2.05, 4.69) is 0 Å². The first-order valence-corrected chi connectivity index (χ1v) is 6.77. The van der Waals surface area contributed by atoms with Crippen LogP contribution in [0.3, 0.4) is 0 Å². The topological polar surface area (TPSA) is 59.1 Å². The lowest BCUT2D eigenvalue weighted by Gasteiger charge is -2.58. The molecule has 0 unspecified atom stereocenters. The van der Waals surface area contributed by atoms with Gasteiger partial charge in [0.05, 0.1) is 7.11 Å². The van der Waals surface area contributed by atoms with Gasteiger partial charge in [0, 0.05) is 14.1 Å². The number of hydrogen-bond acceptors (Lipinski definition) is 4. The first-order valence-electron chi connectivity index (χ1n) is 6.77. The van der Waals surface area contributed by atoms with Crippen LogP contribution in [-0.2, 0) is 9.53 Å². The van der Waals surface area contributed by atoms with Gasteiger partial charge < -0.3 is 14.4 Å². The lowest BCUT2D eigenvalue weighted by Crippen LogP contribution is -2.76. The number of carbonyl (C=O) groups is 2. The van der Waals surface area contributed by atoms with E-state index in [0.717, 1.165) is 16.2 Å². The third-order valence-electron chi connectivity index (χ3n) is 4.40. The van der Waals surface area contributed by atoms with E-state index in [1.807, 2.05) is 24.3 Å². The first kappa shape index (κ1) is 13.9. The fourth-order valence-electron chi connectivity index (χ4n) is 3.18. The molecule has 2 aliphatic rings. The highest BCUT2D eigenvalue weighted by Gasteiger charge is 2.65. The second kappa shape index (κ2) is 4.46. The van der Waals surface area contributed by atoms with Crippen LogP contribution in [-0.4, -0.2) is 54.6 Å². The molecule has 0 N–H and O–H groups in total. The SMILES string of the molecule is COc1ccc([C@@H]2O[C@@]3(C)C(=O)N(C)C(=O)N(C)[C@@H]23)cc1. The smallest absolute Gasteiger partial charge is 0.326 e. The van der Waals surface area contributed by atoms with Crippen molar-refractivity contribution in [3.63, 3.8) is 0 Å². The molecule has 6 nitrogen and oxygen atoms in total. The summed E-state index contributed by atoms with van der Waals surface area (Å²) in [5, 5.41) is 0. The zero-order valence-electron chi connectivity index (χ0n) is 12.5. The van der Waals surface area contributed by atoms with Gasteiger partial charge in [-0.25, -0.2) is 4.79 Å². The molecule has 0 radical (unpaired) electrons. The van der Waals surface area contributed by atoms with Gasteiger partial charge in [-0.2, -0.15) is 0 Å². The predicted molar refractivity (Wildman–Crippen MR) is 74.9 cm³/mol. The summed E-state index contributed by atoms with van der Waals surface area (Å²) in [6.45, 7) is 1.74. The summed E-state index contributed by atoms with van der Waals surface area (Å²) in [5.41, 5.74) is -0.0441. The van der Waals surface area contributed by atoms with Crippen LogP contribution in [0.5, 0.6) is 5.75 Å². The molecule has 21 heavy (non-hydrogen) atoms. The van der Waals surface area contributed by atoms with Crippen LogP contribution in [0.2, 0.25) is 0 Å². The van der Waals surface area contributed by atoms with E-state index in [9.17, 15) is 9.59 Å². The molecule has 0 aromatic heterocycles. The maximum absolute atomic E-state index is 12.3. The van der Waals surface area contributed by atoms with Crippen LogP contribution < -0.4 is 4.74 Å². The molecule has 0 aliphatic carbocycles. The number of nitrogens with zero attached hydrogens (tertiary/aromatic N) is 2. The number of carbonyl (C=O) groups excluding carboxylic acids is 2. The molecule has 112 valence electrons. The molecular weight excluding hydrogens is 272 g/mol. The van der Waals surface area contributed by atoms with Crippen molar-refractivity contribution >= 4 is 11.9 Å². The summed E-state index contributed by atoms with van der Waals surface area (Å²) in [6, 6.07) is 6.88. The van der Waals surface area contributed by atoms with Crippen LogP contribution in [0.1, 0.15) is 18.6 Å². The van der Waals surface area contributed by atoms with Gasteiger partial charge in [0.15, 0.2) is 5.60 Å². The Morgan fingerprint density at radius 1 is 1.19 bits per heavy atom. The highest BCUT2D eigenvalue weighted by molar-refractivity contribution is 6.02. The Bertz CT molecular complexity index is 600. The van der Waals surface area contributed by atoms with E-state index in [0.29, 0.717) is 0 Å². The molecule has 2 aliphatic heterocycles. The van der Waals surface area contributed by atoms with Crippen molar-refractivity contribution in [3.8, 4) is 5.75 Å². The second-order valence-corrected chi connectivity index (χ2v) is 5.62. The van der Waals surface area contributed by atoms with Crippen molar-refractivity contribution in [2.24, 2.45) is 0 Å². The molecule has 1 aromatic carbocycles. The lowest BCUT2D eigenvalue weighted by molar-refractivity contribution is -0.255. The third kappa shape index (κ3) is 1.75. The van der Waals surface area contributed by atoms with Crippen LogP contribution in [0.25, 0.3) is 0 Å². The molecule has 3 rings (SSSR count). The van der Waals surface area contributed by atoms with E-state index in [1.165, 1.54) is 7.05 Å². The molecular formula is C15H18N2O4. The van der Waals surface area contributed by atoms with E-state index < -0.39 is 5.60 Å². The third-order valence-corrected chi connectivity index (χ3v) is 4.40. The molecule has 3 amide bonds. The van der Waals surface area contributed by atoms with Crippen molar-refractivity contribution in [1.29, 1.82) is 0 Å². The van der Waals surface area contributed by atoms with Crippen molar-refractivity contribution in [2.45, 2.75) is 24.7 Å². The molecule has 1 aromatic rings. The Balaban J connectivity index is 1.91. The number of amides is 3. The van der Waals surface area contributed by atoms with Gasteiger partial charge in [-0.15, -0.1) is 0 Å². The summed E-state index contributed by atoms with van der Waals surface area (Å²) in [6.07, 6.45) is -0.299. The molecule has 2 saturated heterocycles. The Labute approximate surface area is 123 Å². The maximum Gasteiger partial charge on any atom is 0.326 e. The number of likely N-dealkylation sites (N-methyl/N-ethyl adjacent to an activating group) is 2. The monoisotopic (exact) mass is 290 g/mol. The highest BCUT2D eigenvalue weighted by atomic mass is 16.6. The summed E-state index contributed by atoms with van der Waals surface area (Å²) < 4.78 is 11.0. The minimum Gasteiger partial charge on any atom is -0.497 e. The molecule has 6 heteroatoms. The zero-order chi connectivity index (χ0) is 15.4. The number of methoxy groups -OCH3 is 1. The van der Waals surface area contributed by atoms with E-state index in [4.69, 9.17) is 9.47 Å². The van der Waals surface area contributed by atoms with Crippen LogP contribution in [0, 0.1) is 0 Å². The number of hydrogen-bond donors (Lipinski definition) is 0. The summed E-state index contributed by atoms with van der Waals surface area (Å²) >= 11 is 0. The minimum absolute atomic E-state index is 0.290. The molecule has 0 spiro atoms. The van der Waals surface area contributed by atoms with Gasteiger partial charge in [-0.3, -0.25) is 9.69 Å². The second-order valence-electron chi connectivity index (χ2n) is 5.62. The fourth-order valence-corrected chi connectivity index (χ4v) is 3.18. The number of rotatable bonds is 2. The van der Waals surface area contributed by atoms with Crippen molar-refractivity contribution in [3.05, 3.63) is 29.8 Å². The van der Waals surface area contributed by atoms with Crippen molar-refractivity contribution in [2.75, 3.05) is 21.2 Å². The fraction of sp³-hybridized carbons (Fsp3) is 0.467. The summed E-state index contributed by atoms with van der Waals surface area (Å²) in [7, 11) is 4.79. The normalized spacial score (nSPS) is 31.8. The van der Waals surface area contributed by atoms with Gasteiger partial charge >= 0.3 is 6.03 Å². The largest absolute Gasteiger partial charge is 0.497 e. The molecule has 0 saturated carbocycles. The lowest BCUT2D eigenvalue weighted by atomic mass is 9.78. The Hall–Kier alpha value is -2.08. The summed E-state index contributed by atoms with van der Waals surface area (Å²) in [5.74, 6) is 0.463. The Morgan fingerprint density at radius 2 is 1.81 bits per heavy atom. The maximum atomic E-state index is 12.3. The van der Waals surface area contributed by atoms with Crippen LogP contribution in [0.15, 0.2) is 24.3 Å². The molecule has 2 heterocycles. The van der Waals surface area contributed by atoms with E-state index in [1.54, 1.807) is 26.0 Å². The highest BCUT2D eigenvalue weighted by Crippen LogP contribution is 2.49. The summed E-state index contributed by atoms with van der Waals surface area (Å²) in [4.78, 5) is 27.1. The number of imide groups is 1. The van der Waals surface area contributed by atoms with E-state index in [-0.39, 0.29) is 24.1 Å². The average molecular weight is 290 g/mol. The Morgan fingerprint density at radius 3 is 2.38 bits per heavy atom. The van der Waals surface area contributed by atoms with Crippen LogP contribution >= 0.6 is 0 Å². The molecule has 3 atom stereocenters. The molecule has 2 fully saturated rings. The zero-order valence-corrected chi connectivity index (χ0v) is 12.5. The molecule has 0 bridgehead atoms.